The van der Waals surface area contributed by atoms with Crippen molar-refractivity contribution in [3.05, 3.63) is 0 Å². The maximum atomic E-state index is 11.7. The number of nitrogens with zero attached hydrogens (tertiary/aromatic N) is 1. The molecule has 0 bridgehead atoms. The van der Waals surface area contributed by atoms with E-state index in [1.807, 2.05) is 0 Å². The molecule has 5 nitrogen and oxygen atoms in total. The van der Waals surface area contributed by atoms with Gasteiger partial charge in [-0.1, -0.05) is 13.3 Å². The summed E-state index contributed by atoms with van der Waals surface area (Å²) in [5, 5.41) is 2.50. The van der Waals surface area contributed by atoms with Gasteiger partial charge < -0.3 is 16.0 Å². The molecule has 92 valence electrons. The maximum absolute atomic E-state index is 11.7. The Morgan fingerprint density at radius 2 is 2.00 bits per heavy atom. The Morgan fingerprint density at radius 1 is 1.38 bits per heavy atom. The Hall–Kier alpha value is -1.10. The molecular weight excluding hydrogens is 206 g/mol. The standard InChI is InChI=1S/C11H21N3O2/c1-2-9-3-7-14(8-4-9)11(16)10(15)13-6-5-12/h9H,2-8,12H2,1H3,(H,13,15). The second-order valence-electron chi connectivity index (χ2n) is 4.19. The van der Waals surface area contributed by atoms with E-state index in [9.17, 15) is 9.59 Å². The molecule has 1 saturated heterocycles. The van der Waals surface area contributed by atoms with Gasteiger partial charge in [-0.25, -0.2) is 0 Å². The summed E-state index contributed by atoms with van der Waals surface area (Å²) in [4.78, 5) is 24.7. The predicted molar refractivity (Wildman–Crippen MR) is 61.7 cm³/mol. The van der Waals surface area contributed by atoms with Crippen LogP contribution in [0.15, 0.2) is 0 Å². The summed E-state index contributed by atoms with van der Waals surface area (Å²) >= 11 is 0. The fraction of sp³-hybridized carbons (Fsp3) is 0.818. The summed E-state index contributed by atoms with van der Waals surface area (Å²) < 4.78 is 0. The van der Waals surface area contributed by atoms with Gasteiger partial charge >= 0.3 is 11.8 Å². The average Bonchev–Trinajstić information content (AvgIpc) is 2.35. The van der Waals surface area contributed by atoms with Crippen LogP contribution in [0, 0.1) is 5.92 Å². The summed E-state index contributed by atoms with van der Waals surface area (Å²) in [6, 6.07) is 0. The zero-order valence-electron chi connectivity index (χ0n) is 9.87. The second kappa shape index (κ2) is 6.48. The molecule has 5 heteroatoms. The third-order valence-electron chi connectivity index (χ3n) is 3.10. The van der Waals surface area contributed by atoms with E-state index in [-0.39, 0.29) is 0 Å². The van der Waals surface area contributed by atoms with E-state index in [0.717, 1.165) is 19.3 Å². The minimum Gasteiger partial charge on any atom is -0.347 e. The van der Waals surface area contributed by atoms with Gasteiger partial charge in [-0.2, -0.15) is 0 Å². The highest BCUT2D eigenvalue weighted by Crippen LogP contribution is 2.19. The largest absolute Gasteiger partial charge is 0.347 e. The van der Waals surface area contributed by atoms with Crippen LogP contribution in [-0.2, 0) is 9.59 Å². The highest BCUT2D eigenvalue weighted by atomic mass is 16.2. The molecule has 0 saturated carbocycles. The van der Waals surface area contributed by atoms with E-state index in [2.05, 4.69) is 12.2 Å². The van der Waals surface area contributed by atoms with Crippen LogP contribution in [0.2, 0.25) is 0 Å². The van der Waals surface area contributed by atoms with Gasteiger partial charge in [0.1, 0.15) is 0 Å². The van der Waals surface area contributed by atoms with Crippen molar-refractivity contribution < 1.29 is 9.59 Å². The number of amides is 2. The van der Waals surface area contributed by atoms with Gasteiger partial charge in [-0.15, -0.1) is 0 Å². The van der Waals surface area contributed by atoms with Crippen molar-refractivity contribution in [1.82, 2.24) is 10.2 Å². The lowest BCUT2D eigenvalue weighted by Gasteiger charge is -2.30. The summed E-state index contributed by atoms with van der Waals surface area (Å²) in [5.74, 6) is -0.237. The van der Waals surface area contributed by atoms with Gasteiger partial charge in [-0.3, -0.25) is 9.59 Å². The molecule has 2 amide bonds. The van der Waals surface area contributed by atoms with E-state index in [4.69, 9.17) is 5.73 Å². The maximum Gasteiger partial charge on any atom is 0.311 e. The van der Waals surface area contributed by atoms with E-state index < -0.39 is 11.8 Å². The molecule has 0 atom stereocenters. The van der Waals surface area contributed by atoms with E-state index in [1.54, 1.807) is 4.90 Å². The Morgan fingerprint density at radius 3 is 2.50 bits per heavy atom. The van der Waals surface area contributed by atoms with Crippen molar-refractivity contribution in [2.75, 3.05) is 26.2 Å². The van der Waals surface area contributed by atoms with Crippen LogP contribution in [0.3, 0.4) is 0 Å². The molecular formula is C11H21N3O2. The third kappa shape index (κ3) is 3.48. The van der Waals surface area contributed by atoms with Crippen molar-refractivity contribution in [1.29, 1.82) is 0 Å². The van der Waals surface area contributed by atoms with Crippen molar-refractivity contribution in [2.24, 2.45) is 11.7 Å². The first-order valence-corrected chi connectivity index (χ1v) is 5.96. The molecule has 0 aliphatic carbocycles. The van der Waals surface area contributed by atoms with Crippen molar-refractivity contribution in [3.63, 3.8) is 0 Å². The van der Waals surface area contributed by atoms with Crippen LogP contribution in [0.4, 0.5) is 0 Å². The van der Waals surface area contributed by atoms with Crippen LogP contribution >= 0.6 is 0 Å². The quantitative estimate of drug-likeness (QED) is 0.651. The predicted octanol–water partition coefficient (Wildman–Crippen LogP) is -0.290. The molecule has 0 aromatic carbocycles. The van der Waals surface area contributed by atoms with Crippen LogP contribution in [0.1, 0.15) is 26.2 Å². The molecule has 1 heterocycles. The van der Waals surface area contributed by atoms with Gasteiger partial charge in [0.25, 0.3) is 0 Å². The van der Waals surface area contributed by atoms with Crippen molar-refractivity contribution >= 4 is 11.8 Å². The first kappa shape index (κ1) is 13.0. The third-order valence-corrected chi connectivity index (χ3v) is 3.10. The van der Waals surface area contributed by atoms with Gasteiger partial charge in [-0.05, 0) is 18.8 Å². The fourth-order valence-electron chi connectivity index (χ4n) is 1.95. The number of hydrogen-bond acceptors (Lipinski definition) is 3. The van der Waals surface area contributed by atoms with E-state index >= 15 is 0 Å². The average molecular weight is 227 g/mol. The number of hydrogen-bond donors (Lipinski definition) is 2. The Balaban J connectivity index is 2.35. The van der Waals surface area contributed by atoms with Crippen molar-refractivity contribution in [3.8, 4) is 0 Å². The molecule has 0 radical (unpaired) electrons. The Labute approximate surface area is 96.4 Å². The minimum atomic E-state index is -0.527. The molecule has 1 rings (SSSR count). The molecule has 0 unspecified atom stereocenters. The highest BCUT2D eigenvalue weighted by molar-refractivity contribution is 6.35. The van der Waals surface area contributed by atoms with Gasteiger partial charge in [0, 0.05) is 26.2 Å². The van der Waals surface area contributed by atoms with Crippen LogP contribution < -0.4 is 11.1 Å². The van der Waals surface area contributed by atoms with Gasteiger partial charge in [0.15, 0.2) is 0 Å². The minimum absolute atomic E-state index is 0.357. The number of piperidine rings is 1. The zero-order valence-corrected chi connectivity index (χ0v) is 9.87. The van der Waals surface area contributed by atoms with Crippen LogP contribution in [0.5, 0.6) is 0 Å². The molecule has 0 spiro atoms. The SMILES string of the molecule is CCC1CCN(C(=O)C(=O)NCCN)CC1. The number of likely N-dealkylation sites (tertiary alicyclic amines) is 1. The number of rotatable bonds is 3. The molecule has 1 aliphatic rings. The zero-order chi connectivity index (χ0) is 12.0. The van der Waals surface area contributed by atoms with Crippen LogP contribution in [-0.4, -0.2) is 42.9 Å². The second-order valence-corrected chi connectivity index (χ2v) is 4.19. The summed E-state index contributed by atoms with van der Waals surface area (Å²) in [6.07, 6.45) is 3.17. The molecule has 0 aromatic heterocycles. The van der Waals surface area contributed by atoms with Gasteiger partial charge in [0.2, 0.25) is 0 Å². The lowest BCUT2D eigenvalue weighted by atomic mass is 9.94. The first-order valence-electron chi connectivity index (χ1n) is 5.96. The smallest absolute Gasteiger partial charge is 0.311 e. The number of carbonyl (C=O) groups excluding carboxylic acids is 2. The normalized spacial score (nSPS) is 17.2. The monoisotopic (exact) mass is 227 g/mol. The Kier molecular flexibility index (Phi) is 5.25. The van der Waals surface area contributed by atoms with Gasteiger partial charge in [0.05, 0.1) is 0 Å². The Bertz CT molecular complexity index is 248. The summed E-state index contributed by atoms with van der Waals surface area (Å²) in [7, 11) is 0. The number of carbonyl (C=O) groups is 2. The first-order chi connectivity index (χ1) is 7.69. The van der Waals surface area contributed by atoms with Crippen LogP contribution in [0.25, 0.3) is 0 Å². The van der Waals surface area contributed by atoms with Crippen molar-refractivity contribution in [2.45, 2.75) is 26.2 Å². The summed E-state index contributed by atoms with van der Waals surface area (Å²) in [5.41, 5.74) is 5.25. The lowest BCUT2D eigenvalue weighted by Crippen LogP contribution is -2.47. The molecule has 1 aliphatic heterocycles. The van der Waals surface area contributed by atoms with E-state index in [0.29, 0.717) is 32.1 Å². The number of nitrogens with one attached hydrogen (secondary N) is 1. The molecule has 3 N–H and O–H groups in total. The molecule has 1 fully saturated rings. The van der Waals surface area contributed by atoms with E-state index in [1.165, 1.54) is 0 Å². The highest BCUT2D eigenvalue weighted by Gasteiger charge is 2.25. The topological polar surface area (TPSA) is 75.4 Å². The fourth-order valence-corrected chi connectivity index (χ4v) is 1.95. The number of nitrogens with two attached hydrogens (primary N) is 1. The molecule has 0 aromatic rings. The summed E-state index contributed by atoms with van der Waals surface area (Å²) in [6.45, 7) is 4.28. The lowest BCUT2D eigenvalue weighted by molar-refractivity contribution is -0.146. The molecule has 16 heavy (non-hydrogen) atoms.